The zero-order valence-electron chi connectivity index (χ0n) is 8.28. The predicted octanol–water partition coefficient (Wildman–Crippen LogP) is 1.98. The number of H-pyrrole nitrogens is 1. The molecule has 1 fully saturated rings. The molecular formula is C8H12F2N4S. The average Bonchev–Trinajstić information content (AvgIpc) is 2.89. The molecule has 0 unspecified atom stereocenters. The smallest absolute Gasteiger partial charge is 0.255 e. The Morgan fingerprint density at radius 3 is 2.87 bits per heavy atom. The largest absolute Gasteiger partial charge is 0.338 e. The van der Waals surface area contributed by atoms with Crippen molar-refractivity contribution in [1.82, 2.24) is 14.8 Å². The molecule has 84 valence electrons. The van der Waals surface area contributed by atoms with Gasteiger partial charge in [0.1, 0.15) is 0 Å². The molecule has 0 aromatic carbocycles. The maximum Gasteiger partial charge on any atom is 0.255 e. The first-order valence-electron chi connectivity index (χ1n) is 4.75. The molecule has 0 radical (unpaired) electrons. The number of anilines is 1. The van der Waals surface area contributed by atoms with Crippen LogP contribution in [-0.2, 0) is 0 Å². The van der Waals surface area contributed by atoms with E-state index in [0.29, 0.717) is 16.8 Å². The Hall–Kier alpha value is -0.980. The van der Waals surface area contributed by atoms with Crippen molar-refractivity contribution in [2.75, 3.05) is 18.5 Å². The van der Waals surface area contributed by atoms with Gasteiger partial charge in [-0.2, -0.15) is 0 Å². The van der Waals surface area contributed by atoms with Crippen molar-refractivity contribution in [2.45, 2.75) is 25.3 Å². The number of nitrogens with zero attached hydrogens (tertiary/aromatic N) is 3. The number of nitrogens with one attached hydrogen (secondary N) is 1. The van der Waals surface area contributed by atoms with Gasteiger partial charge in [-0.05, 0) is 25.1 Å². The van der Waals surface area contributed by atoms with Crippen molar-refractivity contribution >= 4 is 18.2 Å². The van der Waals surface area contributed by atoms with Gasteiger partial charge in [-0.15, -0.1) is 5.10 Å². The van der Waals surface area contributed by atoms with Gasteiger partial charge in [-0.1, -0.05) is 0 Å². The zero-order valence-corrected chi connectivity index (χ0v) is 9.10. The third kappa shape index (κ3) is 2.17. The molecule has 0 spiro atoms. The lowest BCUT2D eigenvalue weighted by atomic mass is 10.5. The van der Waals surface area contributed by atoms with Crippen LogP contribution in [0, 0.1) is 4.77 Å². The monoisotopic (exact) mass is 234 g/mol. The first-order chi connectivity index (χ1) is 7.09. The van der Waals surface area contributed by atoms with Crippen LogP contribution >= 0.6 is 12.2 Å². The zero-order chi connectivity index (χ0) is 11.0. The first kappa shape index (κ1) is 10.5. The highest BCUT2D eigenvalue weighted by molar-refractivity contribution is 7.71. The molecule has 1 aliphatic carbocycles. The number of hydrogen-bond donors (Lipinski definition) is 1. The molecule has 2 rings (SSSR count). The fraction of sp³-hybridized carbons (Fsp3) is 0.750. The molecule has 0 aliphatic heterocycles. The summed E-state index contributed by atoms with van der Waals surface area (Å²) in [4.78, 5) is 1.43. The fourth-order valence-corrected chi connectivity index (χ4v) is 1.79. The quantitative estimate of drug-likeness (QED) is 0.809. The van der Waals surface area contributed by atoms with Crippen molar-refractivity contribution in [1.29, 1.82) is 0 Å². The minimum absolute atomic E-state index is 0.327. The molecule has 0 bridgehead atoms. The fourth-order valence-electron chi connectivity index (χ4n) is 1.52. The summed E-state index contributed by atoms with van der Waals surface area (Å²) in [7, 11) is 1.59. The Morgan fingerprint density at radius 2 is 2.33 bits per heavy atom. The normalized spacial score (nSPS) is 16.0. The number of alkyl halides is 2. The molecule has 1 aromatic heterocycles. The molecule has 7 heteroatoms. The van der Waals surface area contributed by atoms with Crippen molar-refractivity contribution in [2.24, 2.45) is 0 Å². The lowest BCUT2D eigenvalue weighted by Gasteiger charge is -2.17. The summed E-state index contributed by atoms with van der Waals surface area (Å²) in [6.45, 7) is -0.327. The number of aromatic nitrogens is 3. The predicted molar refractivity (Wildman–Crippen MR) is 55.0 cm³/mol. The number of halogens is 2. The second-order valence-electron chi connectivity index (χ2n) is 3.70. The van der Waals surface area contributed by atoms with Gasteiger partial charge in [0.05, 0.1) is 6.54 Å². The topological polar surface area (TPSA) is 36.9 Å². The molecule has 1 aromatic rings. The van der Waals surface area contributed by atoms with E-state index >= 15 is 0 Å². The van der Waals surface area contributed by atoms with Crippen LogP contribution in [0.3, 0.4) is 0 Å². The van der Waals surface area contributed by atoms with E-state index < -0.39 is 6.43 Å². The van der Waals surface area contributed by atoms with Crippen LogP contribution in [-0.4, -0.2) is 34.8 Å². The van der Waals surface area contributed by atoms with E-state index in [4.69, 9.17) is 12.2 Å². The SMILES string of the molecule is CN(CC(F)F)c1n[nH]c(=S)n1C1CC1. The van der Waals surface area contributed by atoms with Crippen LogP contribution in [0.5, 0.6) is 0 Å². The minimum Gasteiger partial charge on any atom is -0.338 e. The van der Waals surface area contributed by atoms with E-state index in [0.717, 1.165) is 12.8 Å². The second-order valence-corrected chi connectivity index (χ2v) is 4.09. The Bertz CT molecular complexity index is 396. The molecule has 0 atom stereocenters. The summed E-state index contributed by atoms with van der Waals surface area (Å²) in [5, 5.41) is 6.61. The van der Waals surface area contributed by atoms with Gasteiger partial charge in [0, 0.05) is 13.1 Å². The van der Waals surface area contributed by atoms with E-state index in [-0.39, 0.29) is 6.54 Å². The molecule has 1 saturated carbocycles. The molecule has 1 aliphatic rings. The second kappa shape index (κ2) is 3.88. The lowest BCUT2D eigenvalue weighted by molar-refractivity contribution is 0.156. The van der Waals surface area contributed by atoms with Gasteiger partial charge >= 0.3 is 0 Å². The first-order valence-corrected chi connectivity index (χ1v) is 5.16. The average molecular weight is 234 g/mol. The number of rotatable bonds is 4. The van der Waals surface area contributed by atoms with Crippen LogP contribution in [0.4, 0.5) is 14.7 Å². The van der Waals surface area contributed by atoms with Gasteiger partial charge in [0.2, 0.25) is 5.95 Å². The summed E-state index contributed by atoms with van der Waals surface area (Å²) >= 11 is 5.05. The van der Waals surface area contributed by atoms with Crippen molar-refractivity contribution in [3.8, 4) is 0 Å². The summed E-state index contributed by atoms with van der Waals surface area (Å²) in [6.07, 6.45) is -0.278. The Kier molecular flexibility index (Phi) is 2.72. The van der Waals surface area contributed by atoms with Crippen LogP contribution in [0.25, 0.3) is 0 Å². The number of aromatic amines is 1. The Balaban J connectivity index is 2.23. The maximum atomic E-state index is 12.2. The Morgan fingerprint density at radius 1 is 1.67 bits per heavy atom. The van der Waals surface area contributed by atoms with Crippen molar-refractivity contribution in [3.63, 3.8) is 0 Å². The van der Waals surface area contributed by atoms with Crippen LogP contribution in [0.2, 0.25) is 0 Å². The molecule has 0 saturated heterocycles. The minimum atomic E-state index is -2.37. The van der Waals surface area contributed by atoms with E-state index in [9.17, 15) is 8.78 Å². The maximum absolute atomic E-state index is 12.2. The van der Waals surface area contributed by atoms with Crippen LogP contribution in [0.1, 0.15) is 18.9 Å². The summed E-state index contributed by atoms with van der Waals surface area (Å²) in [5.74, 6) is 0.503. The summed E-state index contributed by atoms with van der Waals surface area (Å²) < 4.78 is 26.7. The third-order valence-corrected chi connectivity index (χ3v) is 2.64. The van der Waals surface area contributed by atoms with Crippen LogP contribution < -0.4 is 4.90 Å². The standard InChI is InChI=1S/C8H12F2N4S/c1-13(4-6(9)10)7-11-12-8(15)14(7)5-2-3-5/h5-6H,2-4H2,1H3,(H,12,15). The van der Waals surface area contributed by atoms with Gasteiger partial charge in [0.25, 0.3) is 6.43 Å². The van der Waals surface area contributed by atoms with Crippen molar-refractivity contribution < 1.29 is 8.78 Å². The molecule has 1 N–H and O–H groups in total. The van der Waals surface area contributed by atoms with E-state index in [1.54, 1.807) is 7.05 Å². The Labute approximate surface area is 90.9 Å². The molecule has 4 nitrogen and oxygen atoms in total. The van der Waals surface area contributed by atoms with Crippen molar-refractivity contribution in [3.05, 3.63) is 4.77 Å². The van der Waals surface area contributed by atoms with E-state index in [2.05, 4.69) is 10.2 Å². The van der Waals surface area contributed by atoms with E-state index in [1.165, 1.54) is 4.90 Å². The highest BCUT2D eigenvalue weighted by Gasteiger charge is 2.28. The third-order valence-electron chi connectivity index (χ3n) is 2.35. The van der Waals surface area contributed by atoms with Gasteiger partial charge in [-0.3, -0.25) is 4.57 Å². The lowest BCUT2D eigenvalue weighted by Crippen LogP contribution is -2.27. The summed E-state index contributed by atoms with van der Waals surface area (Å²) in [6, 6.07) is 0.339. The summed E-state index contributed by atoms with van der Waals surface area (Å²) in [5.41, 5.74) is 0. The van der Waals surface area contributed by atoms with E-state index in [1.807, 2.05) is 4.57 Å². The number of hydrogen-bond acceptors (Lipinski definition) is 3. The molecule has 0 amide bonds. The highest BCUT2D eigenvalue weighted by atomic mass is 32.1. The van der Waals surface area contributed by atoms with Gasteiger partial charge in [-0.25, -0.2) is 13.9 Å². The van der Waals surface area contributed by atoms with Crippen LogP contribution in [0.15, 0.2) is 0 Å². The molecule has 1 heterocycles. The van der Waals surface area contributed by atoms with Gasteiger partial charge in [0.15, 0.2) is 4.77 Å². The van der Waals surface area contributed by atoms with Gasteiger partial charge < -0.3 is 4.90 Å². The molecule has 15 heavy (non-hydrogen) atoms. The highest BCUT2D eigenvalue weighted by Crippen LogP contribution is 2.37. The molecular weight excluding hydrogens is 222 g/mol.